The Morgan fingerprint density at radius 2 is 1.37 bits per heavy atom. The van der Waals surface area contributed by atoms with E-state index in [0.717, 1.165) is 31.2 Å². The van der Waals surface area contributed by atoms with Crippen LogP contribution in [-0.4, -0.2) is 15.0 Å². The fraction of sp³-hybridized carbons (Fsp3) is 0.154. The maximum atomic E-state index is 6.18. The van der Waals surface area contributed by atoms with E-state index in [-0.39, 0.29) is 0 Å². The second kappa shape index (κ2) is 5.00. The molecule has 0 saturated heterocycles. The molecule has 0 aliphatic heterocycles. The van der Waals surface area contributed by atoms with Gasteiger partial charge in [0, 0.05) is 27.2 Å². The lowest BCUT2D eigenvalue weighted by atomic mass is 10.3. The van der Waals surface area contributed by atoms with Crippen molar-refractivity contribution in [1.82, 2.24) is 15.0 Å². The minimum atomic E-state index is 0.653. The third-order valence-electron chi connectivity index (χ3n) is 2.47. The second-order valence-corrected chi connectivity index (χ2v) is 7.01. The van der Waals surface area contributed by atoms with E-state index in [1.165, 1.54) is 0 Å². The van der Waals surface area contributed by atoms with Gasteiger partial charge in [0.2, 0.25) is 0 Å². The van der Waals surface area contributed by atoms with Crippen molar-refractivity contribution in [1.29, 1.82) is 0 Å². The van der Waals surface area contributed by atoms with E-state index in [9.17, 15) is 0 Å². The van der Waals surface area contributed by atoms with Gasteiger partial charge in [0.05, 0.1) is 0 Å². The molecular weight excluding hydrogens is 298 g/mol. The summed E-state index contributed by atoms with van der Waals surface area (Å²) in [6.07, 6.45) is 3.69. The van der Waals surface area contributed by atoms with E-state index in [1.54, 1.807) is 22.7 Å². The normalized spacial score (nSPS) is 10.9. The van der Waals surface area contributed by atoms with Gasteiger partial charge in [0.15, 0.2) is 0 Å². The van der Waals surface area contributed by atoms with Crippen LogP contribution in [0.2, 0.25) is 5.02 Å². The Kier molecular flexibility index (Phi) is 3.35. The van der Waals surface area contributed by atoms with Gasteiger partial charge in [-0.1, -0.05) is 11.6 Å². The molecule has 3 nitrogen and oxygen atoms in total. The number of halogens is 1. The third-order valence-corrected chi connectivity index (χ3v) is 4.56. The molecule has 3 heterocycles. The number of aromatic nitrogens is 3. The fourth-order valence-electron chi connectivity index (χ4n) is 1.66. The minimum Gasteiger partial charge on any atom is -0.243 e. The number of rotatable bonds is 2. The van der Waals surface area contributed by atoms with Crippen molar-refractivity contribution in [2.45, 2.75) is 13.8 Å². The summed E-state index contributed by atoms with van der Waals surface area (Å²) in [6, 6.07) is 3.67. The molecule has 0 fully saturated rings. The molecule has 19 heavy (non-hydrogen) atoms. The highest BCUT2D eigenvalue weighted by atomic mass is 35.5. The second-order valence-electron chi connectivity index (χ2n) is 4.11. The molecule has 96 valence electrons. The van der Waals surface area contributed by atoms with Crippen molar-refractivity contribution < 1.29 is 0 Å². The number of hydrogen-bond acceptors (Lipinski definition) is 5. The molecule has 0 amide bonds. The van der Waals surface area contributed by atoms with Gasteiger partial charge in [-0.15, -0.1) is 22.7 Å². The Balaban J connectivity index is 2.10. The molecule has 3 rings (SSSR count). The highest BCUT2D eigenvalue weighted by Gasteiger charge is 2.11. The standard InChI is InChI=1S/C13H10ClN3S2/c1-7-5-15-12(18-7)10-3-9(14)4-11(17-10)13-16-6-8(2)19-13/h3-6H,1-2H3. The smallest absolute Gasteiger partial charge is 0.142 e. The van der Waals surface area contributed by atoms with Crippen LogP contribution in [0.4, 0.5) is 0 Å². The molecule has 0 aliphatic carbocycles. The molecule has 0 unspecified atom stereocenters. The molecule has 3 aromatic heterocycles. The van der Waals surface area contributed by atoms with E-state index in [0.29, 0.717) is 5.02 Å². The Morgan fingerprint density at radius 3 is 1.74 bits per heavy atom. The van der Waals surface area contributed by atoms with E-state index in [2.05, 4.69) is 15.0 Å². The van der Waals surface area contributed by atoms with Crippen LogP contribution in [0.5, 0.6) is 0 Å². The Hall–Kier alpha value is -1.30. The number of aryl methyl sites for hydroxylation is 2. The summed E-state index contributed by atoms with van der Waals surface area (Å²) in [4.78, 5) is 15.6. The zero-order valence-corrected chi connectivity index (χ0v) is 12.7. The molecule has 0 atom stereocenters. The zero-order valence-electron chi connectivity index (χ0n) is 10.3. The first-order valence-electron chi connectivity index (χ1n) is 5.65. The van der Waals surface area contributed by atoms with Crippen molar-refractivity contribution >= 4 is 34.3 Å². The molecule has 0 aliphatic rings. The predicted octanol–water partition coefficient (Wildman–Crippen LogP) is 4.60. The lowest BCUT2D eigenvalue weighted by molar-refractivity contribution is 1.27. The van der Waals surface area contributed by atoms with Gasteiger partial charge in [0.25, 0.3) is 0 Å². The van der Waals surface area contributed by atoms with Gasteiger partial charge < -0.3 is 0 Å². The van der Waals surface area contributed by atoms with Crippen LogP contribution in [0.15, 0.2) is 24.5 Å². The van der Waals surface area contributed by atoms with Gasteiger partial charge in [-0.25, -0.2) is 15.0 Å². The van der Waals surface area contributed by atoms with Crippen molar-refractivity contribution in [2.75, 3.05) is 0 Å². The predicted molar refractivity (Wildman–Crippen MR) is 80.9 cm³/mol. The maximum Gasteiger partial charge on any atom is 0.142 e. The topological polar surface area (TPSA) is 38.7 Å². The summed E-state index contributed by atoms with van der Waals surface area (Å²) >= 11 is 9.40. The van der Waals surface area contributed by atoms with Crippen molar-refractivity contribution in [3.63, 3.8) is 0 Å². The van der Waals surface area contributed by atoms with Gasteiger partial charge in [0.1, 0.15) is 21.4 Å². The van der Waals surface area contributed by atoms with Crippen LogP contribution in [0.3, 0.4) is 0 Å². The van der Waals surface area contributed by atoms with Crippen molar-refractivity contribution in [3.8, 4) is 21.4 Å². The monoisotopic (exact) mass is 307 g/mol. The average molecular weight is 308 g/mol. The van der Waals surface area contributed by atoms with E-state index in [4.69, 9.17) is 11.6 Å². The lowest BCUT2D eigenvalue weighted by Gasteiger charge is -2.01. The first kappa shape index (κ1) is 12.7. The van der Waals surface area contributed by atoms with Gasteiger partial charge in [-0.05, 0) is 26.0 Å². The van der Waals surface area contributed by atoms with Crippen LogP contribution in [0.25, 0.3) is 21.4 Å². The molecule has 3 aromatic rings. The van der Waals surface area contributed by atoms with Crippen molar-refractivity contribution in [2.24, 2.45) is 0 Å². The van der Waals surface area contributed by atoms with Crippen molar-refractivity contribution in [3.05, 3.63) is 39.3 Å². The summed E-state index contributed by atoms with van der Waals surface area (Å²) in [5.41, 5.74) is 1.60. The molecule has 6 heteroatoms. The van der Waals surface area contributed by atoms with E-state index >= 15 is 0 Å². The summed E-state index contributed by atoms with van der Waals surface area (Å²) in [7, 11) is 0. The van der Waals surface area contributed by atoms with Crippen LogP contribution in [0.1, 0.15) is 9.75 Å². The average Bonchev–Trinajstić information content (AvgIpc) is 2.97. The third kappa shape index (κ3) is 2.68. The van der Waals surface area contributed by atoms with Crippen LogP contribution < -0.4 is 0 Å². The Labute approximate surface area is 124 Å². The zero-order chi connectivity index (χ0) is 13.4. The molecular formula is C13H10ClN3S2. The van der Waals surface area contributed by atoms with E-state index < -0.39 is 0 Å². The summed E-state index contributed by atoms with van der Waals surface area (Å²) in [5, 5.41) is 2.42. The van der Waals surface area contributed by atoms with Crippen LogP contribution >= 0.6 is 34.3 Å². The number of nitrogens with zero attached hydrogens (tertiary/aromatic N) is 3. The van der Waals surface area contributed by atoms with Gasteiger partial charge in [-0.3, -0.25) is 0 Å². The quantitative estimate of drug-likeness (QED) is 0.694. The van der Waals surface area contributed by atoms with Crippen LogP contribution in [0, 0.1) is 13.8 Å². The molecule has 0 aromatic carbocycles. The first-order valence-corrected chi connectivity index (χ1v) is 7.66. The Bertz CT molecular complexity index is 675. The number of hydrogen-bond donors (Lipinski definition) is 0. The molecule has 0 saturated carbocycles. The van der Waals surface area contributed by atoms with Crippen LogP contribution in [-0.2, 0) is 0 Å². The summed E-state index contributed by atoms with van der Waals surface area (Å²) < 4.78 is 0. The molecule has 0 N–H and O–H groups in total. The number of pyridine rings is 1. The minimum absolute atomic E-state index is 0.653. The van der Waals surface area contributed by atoms with Gasteiger partial charge in [-0.2, -0.15) is 0 Å². The molecule has 0 bridgehead atoms. The highest BCUT2D eigenvalue weighted by Crippen LogP contribution is 2.30. The largest absolute Gasteiger partial charge is 0.243 e. The first-order chi connectivity index (χ1) is 9.11. The summed E-state index contributed by atoms with van der Waals surface area (Å²) in [6.45, 7) is 4.05. The molecule has 0 radical (unpaired) electrons. The highest BCUT2D eigenvalue weighted by molar-refractivity contribution is 7.15. The maximum absolute atomic E-state index is 6.18. The lowest BCUT2D eigenvalue weighted by Crippen LogP contribution is -1.87. The molecule has 0 spiro atoms. The fourth-order valence-corrected chi connectivity index (χ4v) is 3.32. The Morgan fingerprint density at radius 1 is 0.895 bits per heavy atom. The SMILES string of the molecule is Cc1cnc(-c2cc(Cl)cc(-c3ncc(C)s3)n2)s1. The van der Waals surface area contributed by atoms with E-state index in [1.807, 2.05) is 38.4 Å². The summed E-state index contributed by atoms with van der Waals surface area (Å²) in [5.74, 6) is 0. The van der Waals surface area contributed by atoms with Gasteiger partial charge >= 0.3 is 0 Å². The number of thiazole rings is 2.